The van der Waals surface area contributed by atoms with Crippen LogP contribution in [0.15, 0.2) is 30.4 Å². The summed E-state index contributed by atoms with van der Waals surface area (Å²) in [5.41, 5.74) is 0.212. The van der Waals surface area contributed by atoms with Crippen molar-refractivity contribution in [1.82, 2.24) is 4.90 Å². The molecule has 4 aliphatic carbocycles. The van der Waals surface area contributed by atoms with Crippen LogP contribution in [0.4, 0.5) is 0 Å². The first-order valence-corrected chi connectivity index (χ1v) is 10.8. The molecule has 2 bridgehead atoms. The molecule has 3 fully saturated rings. The molecule has 2 saturated carbocycles. The third kappa shape index (κ3) is 3.08. The number of ketones is 1. The number of hydrogen-bond acceptors (Lipinski definition) is 5. The number of amides is 2. The van der Waals surface area contributed by atoms with E-state index in [9.17, 15) is 19.2 Å². The molecular formula is C22H19Cl2NO5. The Morgan fingerprint density at radius 1 is 1.03 bits per heavy atom. The molecule has 0 aromatic heterocycles. The SMILES string of the molecule is O=C(CCN1C(=O)C2C3C=CC(C4CC34)C2C1=O)OCC(=O)c1ccc(Cl)cc1Cl. The molecule has 0 spiro atoms. The number of carbonyl (C=O) groups is 4. The highest BCUT2D eigenvalue weighted by atomic mass is 35.5. The summed E-state index contributed by atoms with van der Waals surface area (Å²) in [7, 11) is 0. The maximum absolute atomic E-state index is 12.9. The van der Waals surface area contributed by atoms with E-state index < -0.39 is 18.4 Å². The van der Waals surface area contributed by atoms with Gasteiger partial charge in [0.25, 0.3) is 0 Å². The average Bonchev–Trinajstić information content (AvgIpc) is 3.49. The fourth-order valence-corrected chi connectivity index (χ4v) is 5.97. The van der Waals surface area contributed by atoms with E-state index in [1.54, 1.807) is 0 Å². The summed E-state index contributed by atoms with van der Waals surface area (Å²) in [5, 5.41) is 0.579. The van der Waals surface area contributed by atoms with Crippen molar-refractivity contribution in [3.8, 4) is 0 Å². The molecule has 6 nitrogen and oxygen atoms in total. The van der Waals surface area contributed by atoms with Gasteiger partial charge in [0, 0.05) is 17.1 Å². The highest BCUT2D eigenvalue weighted by Crippen LogP contribution is 2.65. The molecule has 1 aromatic carbocycles. The van der Waals surface area contributed by atoms with E-state index >= 15 is 0 Å². The number of Topliss-reactive ketones (excluding diaryl/α,β-unsaturated/α-hetero) is 1. The number of hydrogen-bond donors (Lipinski definition) is 0. The van der Waals surface area contributed by atoms with Crippen LogP contribution in [0.5, 0.6) is 0 Å². The normalized spacial score (nSPS) is 32.8. The lowest BCUT2D eigenvalue weighted by atomic mass is 9.63. The summed E-state index contributed by atoms with van der Waals surface area (Å²) in [4.78, 5) is 51.3. The van der Waals surface area contributed by atoms with Crippen LogP contribution in [0.2, 0.25) is 10.0 Å². The molecule has 0 radical (unpaired) electrons. The van der Waals surface area contributed by atoms with Gasteiger partial charge in [-0.15, -0.1) is 0 Å². The van der Waals surface area contributed by atoms with Crippen molar-refractivity contribution in [2.75, 3.05) is 13.2 Å². The Kier molecular flexibility index (Phi) is 4.75. The van der Waals surface area contributed by atoms with Crippen LogP contribution in [0.1, 0.15) is 23.2 Å². The molecular weight excluding hydrogens is 429 g/mol. The number of likely N-dealkylation sites (tertiary alicyclic amines) is 1. The minimum Gasteiger partial charge on any atom is -0.457 e. The molecule has 6 rings (SSSR count). The van der Waals surface area contributed by atoms with Gasteiger partial charge in [0.15, 0.2) is 6.61 Å². The molecule has 1 aliphatic heterocycles. The van der Waals surface area contributed by atoms with Crippen molar-refractivity contribution in [2.45, 2.75) is 12.8 Å². The van der Waals surface area contributed by atoms with Gasteiger partial charge in [-0.2, -0.15) is 0 Å². The van der Waals surface area contributed by atoms with Crippen molar-refractivity contribution in [3.63, 3.8) is 0 Å². The maximum Gasteiger partial charge on any atom is 0.308 e. The van der Waals surface area contributed by atoms with Crippen LogP contribution in [-0.2, 0) is 19.1 Å². The van der Waals surface area contributed by atoms with Gasteiger partial charge in [-0.3, -0.25) is 24.1 Å². The van der Waals surface area contributed by atoms with Gasteiger partial charge >= 0.3 is 5.97 Å². The van der Waals surface area contributed by atoms with Crippen molar-refractivity contribution in [2.24, 2.45) is 35.5 Å². The van der Waals surface area contributed by atoms with E-state index in [1.807, 2.05) is 0 Å². The van der Waals surface area contributed by atoms with E-state index in [4.69, 9.17) is 27.9 Å². The number of halogens is 2. The molecule has 8 heteroatoms. The van der Waals surface area contributed by atoms with E-state index in [0.717, 1.165) is 6.42 Å². The first-order chi connectivity index (χ1) is 14.4. The predicted octanol–water partition coefficient (Wildman–Crippen LogP) is 3.16. The molecule has 5 aliphatic rings. The van der Waals surface area contributed by atoms with E-state index in [1.165, 1.54) is 23.1 Å². The van der Waals surface area contributed by atoms with Crippen LogP contribution in [0, 0.1) is 35.5 Å². The number of benzene rings is 1. The molecule has 2 amide bonds. The smallest absolute Gasteiger partial charge is 0.308 e. The Morgan fingerprint density at radius 3 is 2.27 bits per heavy atom. The lowest BCUT2D eigenvalue weighted by Gasteiger charge is -2.37. The van der Waals surface area contributed by atoms with Crippen molar-refractivity contribution < 1.29 is 23.9 Å². The standard InChI is InChI=1S/C22H19Cl2NO5/c23-10-1-2-13(16(24)7-10)17(26)9-30-18(27)5-6-25-21(28)19-11-3-4-12(15-8-14(11)15)20(19)22(25)29/h1-4,7,11-12,14-15,19-20H,5-6,8-9H2. The van der Waals surface area contributed by atoms with Crippen molar-refractivity contribution in [1.29, 1.82) is 0 Å². The number of rotatable bonds is 6. The predicted molar refractivity (Wildman–Crippen MR) is 108 cm³/mol. The molecule has 0 N–H and O–H groups in total. The second-order valence-corrected chi connectivity index (χ2v) is 9.28. The van der Waals surface area contributed by atoms with Gasteiger partial charge in [0.05, 0.1) is 23.3 Å². The summed E-state index contributed by atoms with van der Waals surface area (Å²) in [6, 6.07) is 4.43. The van der Waals surface area contributed by atoms with Gasteiger partial charge in [0.1, 0.15) is 0 Å². The summed E-state index contributed by atoms with van der Waals surface area (Å²) in [6.45, 7) is -0.487. The first kappa shape index (κ1) is 19.8. The fraction of sp³-hybridized carbons (Fsp3) is 0.455. The minimum absolute atomic E-state index is 0.0197. The Morgan fingerprint density at radius 2 is 1.67 bits per heavy atom. The third-order valence-corrected chi connectivity index (χ3v) is 7.44. The van der Waals surface area contributed by atoms with Crippen LogP contribution < -0.4 is 0 Å². The number of nitrogens with zero attached hydrogens (tertiary/aromatic N) is 1. The van der Waals surface area contributed by atoms with E-state index in [-0.39, 0.29) is 59.0 Å². The lowest BCUT2D eigenvalue weighted by molar-refractivity contribution is -0.145. The maximum atomic E-state index is 12.9. The summed E-state index contributed by atoms with van der Waals surface area (Å²) < 4.78 is 5.03. The Hall–Kier alpha value is -2.18. The van der Waals surface area contributed by atoms with Gasteiger partial charge in [-0.25, -0.2) is 0 Å². The molecule has 156 valence electrons. The van der Waals surface area contributed by atoms with Crippen molar-refractivity contribution >= 4 is 46.8 Å². The van der Waals surface area contributed by atoms with Crippen molar-refractivity contribution in [3.05, 3.63) is 46.0 Å². The zero-order chi connectivity index (χ0) is 21.2. The summed E-state index contributed by atoms with van der Waals surface area (Å²) in [5.74, 6) is -0.624. The highest BCUT2D eigenvalue weighted by Gasteiger charge is 2.66. The number of imide groups is 1. The van der Waals surface area contributed by atoms with Gasteiger partial charge < -0.3 is 4.74 Å². The third-order valence-electron chi connectivity index (χ3n) is 6.89. The zero-order valence-electron chi connectivity index (χ0n) is 15.9. The summed E-state index contributed by atoms with van der Waals surface area (Å²) in [6.07, 6.45) is 5.18. The van der Waals surface area contributed by atoms with E-state index in [0.29, 0.717) is 16.9 Å². The Bertz CT molecular complexity index is 969. The molecule has 6 unspecified atom stereocenters. The first-order valence-electron chi connectivity index (χ1n) is 10.0. The number of allylic oxidation sites excluding steroid dienone is 2. The van der Waals surface area contributed by atoms with Crippen LogP contribution >= 0.6 is 23.2 Å². The van der Waals surface area contributed by atoms with Gasteiger partial charge in [-0.1, -0.05) is 35.4 Å². The average molecular weight is 448 g/mol. The Balaban J connectivity index is 1.16. The molecule has 1 aromatic rings. The molecule has 1 saturated heterocycles. The summed E-state index contributed by atoms with van der Waals surface area (Å²) >= 11 is 11.8. The molecule has 30 heavy (non-hydrogen) atoms. The number of esters is 1. The van der Waals surface area contributed by atoms with Gasteiger partial charge in [0.2, 0.25) is 17.6 Å². The molecule has 1 heterocycles. The molecule has 6 atom stereocenters. The number of ether oxygens (including phenoxy) is 1. The van der Waals surface area contributed by atoms with Crippen LogP contribution in [0.3, 0.4) is 0 Å². The van der Waals surface area contributed by atoms with Crippen LogP contribution in [-0.4, -0.2) is 41.6 Å². The lowest BCUT2D eigenvalue weighted by Crippen LogP contribution is -2.40. The monoisotopic (exact) mass is 447 g/mol. The quantitative estimate of drug-likeness (QED) is 0.289. The van der Waals surface area contributed by atoms with Gasteiger partial charge in [-0.05, 0) is 48.3 Å². The van der Waals surface area contributed by atoms with E-state index in [2.05, 4.69) is 12.2 Å². The zero-order valence-corrected chi connectivity index (χ0v) is 17.4. The topological polar surface area (TPSA) is 80.8 Å². The second kappa shape index (κ2) is 7.20. The second-order valence-electron chi connectivity index (χ2n) is 8.44. The number of carbonyl (C=O) groups excluding carboxylic acids is 4. The largest absolute Gasteiger partial charge is 0.457 e. The fourth-order valence-electron chi connectivity index (χ4n) is 5.45. The minimum atomic E-state index is -0.646. The highest BCUT2D eigenvalue weighted by molar-refractivity contribution is 6.36. The van der Waals surface area contributed by atoms with Crippen LogP contribution in [0.25, 0.3) is 0 Å². The Labute approximate surface area is 183 Å².